The first-order valence-electron chi connectivity index (χ1n) is 13.1. The van der Waals surface area contributed by atoms with Gasteiger partial charge in [-0.3, -0.25) is 14.2 Å². The van der Waals surface area contributed by atoms with Gasteiger partial charge in [0.05, 0.1) is 42.7 Å². The van der Waals surface area contributed by atoms with E-state index in [2.05, 4.69) is 0 Å². The molecule has 9 nitrogen and oxygen atoms in total. The third-order valence-corrected chi connectivity index (χ3v) is 7.53. The van der Waals surface area contributed by atoms with Crippen LogP contribution in [0.15, 0.2) is 88.2 Å². The first-order valence-corrected chi connectivity index (χ1v) is 13.9. The van der Waals surface area contributed by atoms with E-state index in [-0.39, 0.29) is 23.5 Å². The van der Waals surface area contributed by atoms with Crippen molar-refractivity contribution in [1.82, 2.24) is 4.57 Å². The molecule has 0 bridgehead atoms. The molecule has 1 aromatic heterocycles. The molecule has 3 aromatic carbocycles. The fourth-order valence-electron chi connectivity index (χ4n) is 4.71. The summed E-state index contributed by atoms with van der Waals surface area (Å²) in [6, 6.07) is 20.8. The van der Waals surface area contributed by atoms with E-state index in [1.807, 2.05) is 42.5 Å². The Bertz CT molecular complexity index is 1860. The van der Waals surface area contributed by atoms with Crippen molar-refractivity contribution in [3.05, 3.63) is 115 Å². The Hall–Kier alpha value is -4.96. The summed E-state index contributed by atoms with van der Waals surface area (Å²) in [6.45, 7) is 3.20. The predicted molar refractivity (Wildman–Crippen MR) is 158 cm³/mol. The summed E-state index contributed by atoms with van der Waals surface area (Å²) in [7, 11) is 3.04. The molecule has 0 amide bonds. The smallest absolute Gasteiger partial charge is 0.338 e. The summed E-state index contributed by atoms with van der Waals surface area (Å²) < 4.78 is 23.4. The number of rotatable bonds is 8. The number of nitrogens with zero attached hydrogens (tertiary/aromatic N) is 2. The highest BCUT2D eigenvalue weighted by Gasteiger charge is 2.35. The average Bonchev–Trinajstić information content (AvgIpc) is 3.31. The second-order valence-electron chi connectivity index (χ2n) is 9.21. The molecule has 0 fully saturated rings. The average molecular weight is 585 g/mol. The number of benzene rings is 3. The molecule has 1 aliphatic rings. The summed E-state index contributed by atoms with van der Waals surface area (Å²) in [5.41, 5.74) is 2.46. The SMILES string of the molecule is CCOC(=O)C1=C(c2ccccc2)N=c2s/c(=C\c3ccc(OC(C)=O)c(OC)c3)c(=O)n2[C@@H]1c1ccc(OC)cc1. The Morgan fingerprint density at radius 2 is 1.71 bits per heavy atom. The second-order valence-corrected chi connectivity index (χ2v) is 10.2. The Morgan fingerprint density at radius 3 is 2.36 bits per heavy atom. The largest absolute Gasteiger partial charge is 0.497 e. The third kappa shape index (κ3) is 5.61. The maximum absolute atomic E-state index is 14.0. The van der Waals surface area contributed by atoms with Gasteiger partial charge in [-0.25, -0.2) is 9.79 Å². The molecular weight excluding hydrogens is 556 g/mol. The number of ether oxygens (including phenoxy) is 4. The molecule has 0 aliphatic carbocycles. The monoisotopic (exact) mass is 584 g/mol. The number of aromatic nitrogens is 1. The van der Waals surface area contributed by atoms with Gasteiger partial charge in [-0.15, -0.1) is 0 Å². The normalized spacial score (nSPS) is 14.6. The molecule has 42 heavy (non-hydrogen) atoms. The van der Waals surface area contributed by atoms with Crippen molar-refractivity contribution in [2.45, 2.75) is 19.9 Å². The van der Waals surface area contributed by atoms with E-state index in [0.29, 0.717) is 37.7 Å². The van der Waals surface area contributed by atoms with Crippen molar-refractivity contribution >= 4 is 35.0 Å². The molecule has 4 aromatic rings. The van der Waals surface area contributed by atoms with E-state index in [1.165, 1.54) is 29.9 Å². The van der Waals surface area contributed by atoms with E-state index >= 15 is 0 Å². The lowest BCUT2D eigenvalue weighted by atomic mass is 9.93. The number of esters is 2. The Labute approximate surface area is 245 Å². The zero-order chi connectivity index (χ0) is 29.8. The summed E-state index contributed by atoms with van der Waals surface area (Å²) in [5, 5.41) is 0. The van der Waals surface area contributed by atoms with Crippen LogP contribution in [0.4, 0.5) is 0 Å². The van der Waals surface area contributed by atoms with E-state index in [4.69, 9.17) is 23.9 Å². The lowest BCUT2D eigenvalue weighted by Crippen LogP contribution is -2.40. The number of methoxy groups -OCH3 is 2. The summed E-state index contributed by atoms with van der Waals surface area (Å²) in [4.78, 5) is 44.3. The highest BCUT2D eigenvalue weighted by molar-refractivity contribution is 7.07. The van der Waals surface area contributed by atoms with E-state index < -0.39 is 18.0 Å². The standard InChI is InChI=1S/C32H28N2O7S/c1-5-40-31(37)27-28(21-9-7-6-8-10-21)33-32-34(29(27)22-12-14-23(38-3)15-13-22)30(36)26(42-32)18-20-11-16-24(41-19(2)35)25(17-20)39-4/h6-18,29H,5H2,1-4H3/b26-18-/t29-/m1/s1. The van der Waals surface area contributed by atoms with Gasteiger partial charge in [0.1, 0.15) is 5.75 Å². The molecule has 214 valence electrons. The molecule has 2 heterocycles. The van der Waals surface area contributed by atoms with Crippen LogP contribution in [0, 0.1) is 0 Å². The third-order valence-electron chi connectivity index (χ3n) is 6.54. The minimum Gasteiger partial charge on any atom is -0.497 e. The number of carbonyl (C=O) groups is 2. The predicted octanol–water partition coefficient (Wildman–Crippen LogP) is 3.88. The molecule has 1 atom stereocenters. The Morgan fingerprint density at radius 1 is 0.976 bits per heavy atom. The van der Waals surface area contributed by atoms with Crippen molar-refractivity contribution in [3.63, 3.8) is 0 Å². The number of thiazole rings is 1. The maximum Gasteiger partial charge on any atom is 0.338 e. The van der Waals surface area contributed by atoms with Gasteiger partial charge in [0.2, 0.25) is 0 Å². The Balaban J connectivity index is 1.76. The molecule has 0 spiro atoms. The number of fused-ring (bicyclic) bond motifs is 1. The molecule has 10 heteroatoms. The van der Waals surface area contributed by atoms with Crippen molar-refractivity contribution in [2.75, 3.05) is 20.8 Å². The zero-order valence-electron chi connectivity index (χ0n) is 23.5. The summed E-state index contributed by atoms with van der Waals surface area (Å²) in [5.74, 6) is 0.233. The van der Waals surface area contributed by atoms with Gasteiger partial charge in [0, 0.05) is 12.5 Å². The van der Waals surface area contributed by atoms with Crippen LogP contribution < -0.4 is 29.1 Å². The molecule has 0 saturated carbocycles. The van der Waals surface area contributed by atoms with Crippen LogP contribution in [0.25, 0.3) is 11.8 Å². The van der Waals surface area contributed by atoms with Gasteiger partial charge in [-0.2, -0.15) is 0 Å². The molecule has 0 radical (unpaired) electrons. The highest BCUT2D eigenvalue weighted by atomic mass is 32.1. The van der Waals surface area contributed by atoms with Gasteiger partial charge < -0.3 is 18.9 Å². The summed E-state index contributed by atoms with van der Waals surface area (Å²) in [6.07, 6.45) is 1.71. The van der Waals surface area contributed by atoms with Crippen LogP contribution in [-0.2, 0) is 14.3 Å². The molecule has 0 N–H and O–H groups in total. The molecular formula is C32H28N2O7S. The van der Waals surface area contributed by atoms with Crippen LogP contribution in [0.3, 0.4) is 0 Å². The quantitative estimate of drug-likeness (QED) is 0.229. The van der Waals surface area contributed by atoms with Crippen molar-refractivity contribution in [3.8, 4) is 17.2 Å². The van der Waals surface area contributed by atoms with Gasteiger partial charge in [0.25, 0.3) is 5.56 Å². The highest BCUT2D eigenvalue weighted by Crippen LogP contribution is 2.36. The first-order chi connectivity index (χ1) is 20.3. The van der Waals surface area contributed by atoms with Crippen molar-refractivity contribution in [1.29, 1.82) is 0 Å². The fourth-order valence-corrected chi connectivity index (χ4v) is 5.71. The molecule has 0 unspecified atom stereocenters. The van der Waals surface area contributed by atoms with Crippen LogP contribution in [0.5, 0.6) is 17.2 Å². The topological polar surface area (TPSA) is 105 Å². The molecule has 0 saturated heterocycles. The van der Waals surface area contributed by atoms with Gasteiger partial charge in [-0.05, 0) is 48.4 Å². The van der Waals surface area contributed by atoms with Gasteiger partial charge in [-0.1, -0.05) is 59.9 Å². The van der Waals surface area contributed by atoms with E-state index in [9.17, 15) is 14.4 Å². The molecule has 1 aliphatic heterocycles. The van der Waals surface area contributed by atoms with E-state index in [1.54, 1.807) is 50.4 Å². The fraction of sp³-hybridized carbons (Fsp3) is 0.188. The van der Waals surface area contributed by atoms with Crippen LogP contribution in [0.1, 0.15) is 36.6 Å². The Kier molecular flexibility index (Phi) is 8.35. The van der Waals surface area contributed by atoms with Gasteiger partial charge >= 0.3 is 11.9 Å². The zero-order valence-corrected chi connectivity index (χ0v) is 24.3. The van der Waals surface area contributed by atoms with Crippen LogP contribution >= 0.6 is 11.3 Å². The lowest BCUT2D eigenvalue weighted by molar-refractivity contribution is -0.139. The number of hydrogen-bond donors (Lipinski definition) is 0. The molecule has 5 rings (SSSR count). The first kappa shape index (κ1) is 28.6. The van der Waals surface area contributed by atoms with Crippen LogP contribution in [-0.4, -0.2) is 37.3 Å². The number of hydrogen-bond acceptors (Lipinski definition) is 9. The minimum absolute atomic E-state index is 0.162. The van der Waals surface area contributed by atoms with Gasteiger partial charge in [0.15, 0.2) is 16.3 Å². The number of carbonyl (C=O) groups excluding carboxylic acids is 2. The lowest BCUT2D eigenvalue weighted by Gasteiger charge is -2.26. The minimum atomic E-state index is -0.801. The van der Waals surface area contributed by atoms with E-state index in [0.717, 1.165) is 5.56 Å². The maximum atomic E-state index is 14.0. The summed E-state index contributed by atoms with van der Waals surface area (Å²) >= 11 is 1.21. The second kappa shape index (κ2) is 12.3. The van der Waals surface area contributed by atoms with Crippen molar-refractivity contribution < 1.29 is 28.5 Å². The van der Waals surface area contributed by atoms with Crippen LogP contribution in [0.2, 0.25) is 0 Å². The van der Waals surface area contributed by atoms with Crippen molar-refractivity contribution in [2.24, 2.45) is 4.99 Å².